The van der Waals surface area contributed by atoms with E-state index in [-0.39, 0.29) is 0 Å². The third kappa shape index (κ3) is 14.6. The molecule has 1 heterocycles. The molecule has 1 fully saturated rings. The van der Waals surface area contributed by atoms with Gasteiger partial charge in [0.1, 0.15) is 0 Å². The third-order valence-electron chi connectivity index (χ3n) is 6.42. The third-order valence-corrected chi connectivity index (χ3v) is 6.42. The number of hydrogen-bond donors (Lipinski definition) is 1. The van der Waals surface area contributed by atoms with Crippen LogP contribution in [0.4, 0.5) is 0 Å². The maximum Gasteiger partial charge on any atom is 0.0119 e. The van der Waals surface area contributed by atoms with E-state index in [4.69, 9.17) is 0 Å². The van der Waals surface area contributed by atoms with Crippen molar-refractivity contribution < 1.29 is 0 Å². The zero-order valence-electron chi connectivity index (χ0n) is 19.1. The summed E-state index contributed by atoms with van der Waals surface area (Å²) in [4.78, 5) is 2.87. The molecular formula is C25H52N2. The van der Waals surface area contributed by atoms with Crippen LogP contribution in [0.25, 0.3) is 0 Å². The summed E-state index contributed by atoms with van der Waals surface area (Å²) in [6.07, 6.45) is 25.8. The minimum Gasteiger partial charge on any atom is -0.317 e. The van der Waals surface area contributed by atoms with Crippen LogP contribution in [0.3, 0.4) is 0 Å². The van der Waals surface area contributed by atoms with Crippen LogP contribution < -0.4 is 5.32 Å². The van der Waals surface area contributed by atoms with E-state index in [1.807, 2.05) is 0 Å². The number of unbranched alkanes of at least 4 members (excludes halogenated alkanes) is 14. The average molecular weight is 381 g/mol. The van der Waals surface area contributed by atoms with E-state index >= 15 is 0 Å². The fourth-order valence-corrected chi connectivity index (χ4v) is 4.55. The summed E-state index contributed by atoms with van der Waals surface area (Å²) in [6, 6.07) is 0.861. The smallest absolute Gasteiger partial charge is 0.0119 e. The number of nitrogens with zero attached hydrogens (tertiary/aromatic N) is 1. The summed E-state index contributed by atoms with van der Waals surface area (Å²) in [7, 11) is 0. The van der Waals surface area contributed by atoms with Crippen molar-refractivity contribution in [2.24, 2.45) is 0 Å². The first-order valence-electron chi connectivity index (χ1n) is 12.8. The van der Waals surface area contributed by atoms with Crippen molar-refractivity contribution in [1.29, 1.82) is 0 Å². The van der Waals surface area contributed by atoms with Gasteiger partial charge in [0.05, 0.1) is 0 Å². The van der Waals surface area contributed by atoms with E-state index in [1.54, 1.807) is 0 Å². The SMILES string of the molecule is CCCCCCCCCCN(CCCCCCCCCC)C1CCNCC1. The topological polar surface area (TPSA) is 15.3 Å². The summed E-state index contributed by atoms with van der Waals surface area (Å²) >= 11 is 0. The van der Waals surface area contributed by atoms with Gasteiger partial charge < -0.3 is 10.2 Å². The van der Waals surface area contributed by atoms with Crippen LogP contribution in [0.1, 0.15) is 129 Å². The first kappa shape index (κ1) is 25.0. The number of hydrogen-bond acceptors (Lipinski definition) is 2. The Morgan fingerprint density at radius 3 is 1.33 bits per heavy atom. The molecule has 0 aromatic rings. The van der Waals surface area contributed by atoms with Crippen LogP contribution in [-0.4, -0.2) is 37.1 Å². The zero-order valence-corrected chi connectivity index (χ0v) is 19.1. The molecule has 0 spiro atoms. The molecule has 1 rings (SSSR count). The Morgan fingerprint density at radius 2 is 0.926 bits per heavy atom. The number of rotatable bonds is 19. The molecule has 0 aliphatic carbocycles. The van der Waals surface area contributed by atoms with E-state index in [0.29, 0.717) is 0 Å². The van der Waals surface area contributed by atoms with Crippen LogP contribution in [0.2, 0.25) is 0 Å². The van der Waals surface area contributed by atoms with Gasteiger partial charge in [-0.3, -0.25) is 0 Å². The second-order valence-corrected chi connectivity index (χ2v) is 8.97. The summed E-state index contributed by atoms with van der Waals surface area (Å²) in [5, 5.41) is 3.54. The van der Waals surface area contributed by atoms with Crippen LogP contribution in [0, 0.1) is 0 Å². The minimum atomic E-state index is 0.861. The van der Waals surface area contributed by atoms with E-state index in [2.05, 4.69) is 24.1 Å². The first-order valence-corrected chi connectivity index (χ1v) is 12.8. The molecule has 0 aromatic heterocycles. The monoisotopic (exact) mass is 380 g/mol. The van der Waals surface area contributed by atoms with Crippen molar-refractivity contribution in [1.82, 2.24) is 10.2 Å². The molecule has 1 saturated heterocycles. The molecule has 0 amide bonds. The molecule has 162 valence electrons. The van der Waals surface area contributed by atoms with Gasteiger partial charge >= 0.3 is 0 Å². The standard InChI is InChI=1S/C25H52N2/c1-3-5-7-9-11-13-15-17-23-27(25-19-21-26-22-20-25)24-18-16-14-12-10-8-6-4-2/h25-26H,3-24H2,1-2H3. The Morgan fingerprint density at radius 1 is 0.556 bits per heavy atom. The summed E-state index contributed by atoms with van der Waals surface area (Å²) < 4.78 is 0. The lowest BCUT2D eigenvalue weighted by Gasteiger charge is -2.35. The van der Waals surface area contributed by atoms with Crippen molar-refractivity contribution >= 4 is 0 Å². The van der Waals surface area contributed by atoms with Gasteiger partial charge in [0, 0.05) is 6.04 Å². The van der Waals surface area contributed by atoms with E-state index < -0.39 is 0 Å². The van der Waals surface area contributed by atoms with E-state index in [0.717, 1.165) is 6.04 Å². The van der Waals surface area contributed by atoms with Crippen molar-refractivity contribution in [2.75, 3.05) is 26.2 Å². The van der Waals surface area contributed by atoms with Gasteiger partial charge in [-0.1, -0.05) is 104 Å². The van der Waals surface area contributed by atoms with Crippen LogP contribution in [0.5, 0.6) is 0 Å². The lowest BCUT2D eigenvalue weighted by atomic mass is 10.0. The zero-order chi connectivity index (χ0) is 19.4. The van der Waals surface area contributed by atoms with Crippen LogP contribution in [-0.2, 0) is 0 Å². The van der Waals surface area contributed by atoms with E-state index in [1.165, 1.54) is 142 Å². The van der Waals surface area contributed by atoms with Gasteiger partial charge in [0.2, 0.25) is 0 Å². The Bertz CT molecular complexity index is 266. The lowest BCUT2D eigenvalue weighted by Crippen LogP contribution is -2.44. The summed E-state index contributed by atoms with van der Waals surface area (Å²) in [5.41, 5.74) is 0. The Balaban J connectivity index is 2.10. The normalized spacial score (nSPS) is 15.7. The highest BCUT2D eigenvalue weighted by Crippen LogP contribution is 2.16. The fourth-order valence-electron chi connectivity index (χ4n) is 4.55. The molecule has 0 unspecified atom stereocenters. The molecule has 0 radical (unpaired) electrons. The van der Waals surface area contributed by atoms with Gasteiger partial charge in [0.15, 0.2) is 0 Å². The molecule has 1 aliphatic rings. The molecule has 2 heteroatoms. The maximum atomic E-state index is 3.54. The Kier molecular flexibility index (Phi) is 17.8. The number of nitrogens with one attached hydrogen (secondary N) is 1. The molecule has 0 bridgehead atoms. The van der Waals surface area contributed by atoms with Crippen LogP contribution in [0.15, 0.2) is 0 Å². The largest absolute Gasteiger partial charge is 0.317 e. The first-order chi connectivity index (χ1) is 13.4. The van der Waals surface area contributed by atoms with Gasteiger partial charge in [-0.15, -0.1) is 0 Å². The van der Waals surface area contributed by atoms with Gasteiger partial charge in [-0.2, -0.15) is 0 Å². The van der Waals surface area contributed by atoms with Crippen molar-refractivity contribution in [3.05, 3.63) is 0 Å². The fraction of sp³-hybridized carbons (Fsp3) is 1.00. The highest BCUT2D eigenvalue weighted by atomic mass is 15.2. The van der Waals surface area contributed by atoms with Gasteiger partial charge in [0.25, 0.3) is 0 Å². The van der Waals surface area contributed by atoms with Gasteiger partial charge in [-0.05, 0) is 51.9 Å². The quantitative estimate of drug-likeness (QED) is 0.236. The Hall–Kier alpha value is -0.0800. The van der Waals surface area contributed by atoms with E-state index in [9.17, 15) is 0 Å². The molecule has 0 saturated carbocycles. The highest BCUT2D eigenvalue weighted by molar-refractivity contribution is 4.78. The molecule has 0 aromatic carbocycles. The summed E-state index contributed by atoms with van der Waals surface area (Å²) in [6.45, 7) is 9.79. The number of piperidine rings is 1. The second-order valence-electron chi connectivity index (χ2n) is 8.97. The molecule has 1 N–H and O–H groups in total. The van der Waals surface area contributed by atoms with Crippen LogP contribution >= 0.6 is 0 Å². The second kappa shape index (κ2) is 19.2. The van der Waals surface area contributed by atoms with Crippen molar-refractivity contribution in [3.8, 4) is 0 Å². The molecule has 27 heavy (non-hydrogen) atoms. The molecular weight excluding hydrogens is 328 g/mol. The minimum absolute atomic E-state index is 0.861. The Labute approximate surface area is 172 Å². The molecule has 1 aliphatic heterocycles. The van der Waals surface area contributed by atoms with Crippen molar-refractivity contribution in [3.63, 3.8) is 0 Å². The maximum absolute atomic E-state index is 3.54. The average Bonchev–Trinajstić information content (AvgIpc) is 2.71. The summed E-state index contributed by atoms with van der Waals surface area (Å²) in [5.74, 6) is 0. The predicted molar refractivity (Wildman–Crippen MR) is 123 cm³/mol. The predicted octanol–water partition coefficient (Wildman–Crippen LogP) is 7.32. The van der Waals surface area contributed by atoms with Crippen molar-refractivity contribution in [2.45, 2.75) is 135 Å². The van der Waals surface area contributed by atoms with Gasteiger partial charge in [-0.25, -0.2) is 0 Å². The molecule has 2 nitrogen and oxygen atoms in total. The lowest BCUT2D eigenvalue weighted by molar-refractivity contribution is 0.155. The molecule has 0 atom stereocenters. The highest BCUT2D eigenvalue weighted by Gasteiger charge is 2.19.